The number of carbonyl (C=O) groups excluding carboxylic acids is 2. The third kappa shape index (κ3) is 6.47. The number of carboxylic acid groups (broad SMARTS) is 1. The zero-order valence-electron chi connectivity index (χ0n) is 23.1. The average Bonchev–Trinajstić information content (AvgIpc) is 3.69. The maximum atomic E-state index is 15.0. The molecule has 4 aromatic rings. The van der Waals surface area contributed by atoms with E-state index in [1.54, 1.807) is 13.1 Å². The summed E-state index contributed by atoms with van der Waals surface area (Å²) in [5.41, 5.74) is 1.53. The number of amides is 1. The Morgan fingerprint density at radius 2 is 2.07 bits per heavy atom. The van der Waals surface area contributed by atoms with Gasteiger partial charge >= 0.3 is 5.97 Å². The lowest BCUT2D eigenvalue weighted by atomic mass is 10.0. The molecule has 220 valence electrons. The SMILES string of the molecule is CC(O[C@H]1CCN(c2ncc(CCC(=O)O)o2)C1)C(=O)Cc1cc(Cl)c(NC(=O)c2cn(C)c3ccccc23)cc1F. The number of aromatic nitrogens is 2. The summed E-state index contributed by atoms with van der Waals surface area (Å²) in [5.74, 6) is -1.83. The number of hydrogen-bond acceptors (Lipinski definition) is 7. The predicted octanol–water partition coefficient (Wildman–Crippen LogP) is 5.02. The standard InChI is InChI=1S/C30H30ClFN4O6/c1-17(41-20-9-10-36(15-20)30-33-14-19(42-30)7-8-28(38)39)27(37)12-18-11-23(31)25(13-24(18)32)34-29(40)22-16-35(2)26-6-4-3-5-21(22)26/h3-6,11,13-14,16-17,20H,7-10,12,15H2,1-2H3,(H,34,40)(H,38,39)/t17?,20-/m0/s1. The van der Waals surface area contributed by atoms with E-state index in [1.165, 1.54) is 12.3 Å². The fourth-order valence-corrected chi connectivity index (χ4v) is 5.26. The number of oxazole rings is 1. The van der Waals surface area contributed by atoms with Crippen molar-refractivity contribution in [3.05, 3.63) is 76.5 Å². The number of para-hydroxylation sites is 1. The fourth-order valence-electron chi connectivity index (χ4n) is 5.03. The number of hydrogen-bond donors (Lipinski definition) is 2. The van der Waals surface area contributed by atoms with Gasteiger partial charge in [-0.05, 0) is 37.1 Å². The van der Waals surface area contributed by atoms with Gasteiger partial charge in [-0.2, -0.15) is 0 Å². The molecule has 1 aliphatic rings. The van der Waals surface area contributed by atoms with Gasteiger partial charge in [-0.15, -0.1) is 0 Å². The monoisotopic (exact) mass is 596 g/mol. The molecule has 1 amide bonds. The summed E-state index contributed by atoms with van der Waals surface area (Å²) in [6.07, 6.45) is 2.76. The highest BCUT2D eigenvalue weighted by Crippen LogP contribution is 2.29. The maximum Gasteiger partial charge on any atom is 0.303 e. The van der Waals surface area contributed by atoms with E-state index in [2.05, 4.69) is 10.3 Å². The Bertz CT molecular complexity index is 1650. The first-order valence-electron chi connectivity index (χ1n) is 13.5. The van der Waals surface area contributed by atoms with Crippen LogP contribution in [0.4, 0.5) is 16.1 Å². The number of ketones is 1. The number of halogens is 2. The summed E-state index contributed by atoms with van der Waals surface area (Å²) < 4.78 is 28.5. The fraction of sp³-hybridized carbons (Fsp3) is 0.333. The Morgan fingerprint density at radius 3 is 2.86 bits per heavy atom. The Labute approximate surface area is 246 Å². The van der Waals surface area contributed by atoms with E-state index in [1.807, 2.05) is 40.8 Å². The second kappa shape index (κ2) is 12.3. The normalized spacial score (nSPS) is 15.7. The minimum Gasteiger partial charge on any atom is -0.481 e. The van der Waals surface area contributed by atoms with Crippen LogP contribution in [0.1, 0.15) is 41.4 Å². The summed E-state index contributed by atoms with van der Waals surface area (Å²) in [5, 5.41) is 12.4. The highest BCUT2D eigenvalue weighted by atomic mass is 35.5. The first-order valence-corrected chi connectivity index (χ1v) is 13.9. The molecule has 0 saturated carbocycles. The van der Waals surface area contributed by atoms with Crippen LogP contribution in [0, 0.1) is 5.82 Å². The summed E-state index contributed by atoms with van der Waals surface area (Å²) >= 11 is 6.39. The molecule has 1 saturated heterocycles. The molecule has 0 spiro atoms. The number of anilines is 2. The van der Waals surface area contributed by atoms with Gasteiger partial charge in [0.2, 0.25) is 0 Å². The molecule has 0 bridgehead atoms. The van der Waals surface area contributed by atoms with E-state index in [-0.39, 0.29) is 47.4 Å². The molecule has 1 aliphatic heterocycles. The zero-order chi connectivity index (χ0) is 30.0. The van der Waals surface area contributed by atoms with Crippen LogP contribution in [0.5, 0.6) is 0 Å². The number of ether oxygens (including phenoxy) is 1. The number of aryl methyl sites for hydroxylation is 2. The molecule has 3 heterocycles. The molecular weight excluding hydrogens is 567 g/mol. The highest BCUT2D eigenvalue weighted by Gasteiger charge is 2.30. The van der Waals surface area contributed by atoms with Crippen molar-refractivity contribution in [2.24, 2.45) is 7.05 Å². The minimum atomic E-state index is -0.914. The van der Waals surface area contributed by atoms with E-state index >= 15 is 4.39 Å². The minimum absolute atomic E-state index is 0.0473. The second-order valence-electron chi connectivity index (χ2n) is 10.3. The Hall–Kier alpha value is -4.22. The topological polar surface area (TPSA) is 127 Å². The summed E-state index contributed by atoms with van der Waals surface area (Å²) in [6.45, 7) is 2.67. The number of benzene rings is 2. The lowest BCUT2D eigenvalue weighted by molar-refractivity contribution is -0.137. The van der Waals surface area contributed by atoms with Gasteiger partial charge in [0.1, 0.15) is 17.7 Å². The number of rotatable bonds is 11. The summed E-state index contributed by atoms with van der Waals surface area (Å²) in [6, 6.07) is 10.3. The van der Waals surface area contributed by atoms with Crippen LogP contribution in [-0.4, -0.2) is 57.6 Å². The van der Waals surface area contributed by atoms with Gasteiger partial charge in [0.15, 0.2) is 5.78 Å². The molecule has 42 heavy (non-hydrogen) atoms. The predicted molar refractivity (Wildman–Crippen MR) is 155 cm³/mol. The van der Waals surface area contributed by atoms with Crippen LogP contribution in [0.15, 0.2) is 53.2 Å². The number of Topliss-reactive ketones (excluding diaryl/α,β-unsaturated/α-hetero) is 1. The molecule has 2 atom stereocenters. The summed E-state index contributed by atoms with van der Waals surface area (Å²) in [4.78, 5) is 42.8. The largest absolute Gasteiger partial charge is 0.481 e. The second-order valence-corrected chi connectivity index (χ2v) is 10.7. The van der Waals surface area contributed by atoms with Crippen LogP contribution in [0.25, 0.3) is 10.9 Å². The lowest BCUT2D eigenvalue weighted by Crippen LogP contribution is -2.30. The molecule has 2 N–H and O–H groups in total. The van der Waals surface area contributed by atoms with Crippen molar-refractivity contribution < 1.29 is 33.0 Å². The first kappa shape index (κ1) is 29.3. The molecule has 0 radical (unpaired) electrons. The average molecular weight is 597 g/mol. The maximum absolute atomic E-state index is 15.0. The van der Waals surface area contributed by atoms with Gasteiger partial charge < -0.3 is 29.0 Å². The van der Waals surface area contributed by atoms with Crippen LogP contribution < -0.4 is 10.2 Å². The molecule has 2 aromatic heterocycles. The van der Waals surface area contributed by atoms with E-state index in [0.29, 0.717) is 36.8 Å². The molecule has 10 nitrogen and oxygen atoms in total. The number of carbonyl (C=O) groups is 3. The van der Waals surface area contributed by atoms with Crippen molar-refractivity contribution in [3.8, 4) is 0 Å². The molecule has 1 fully saturated rings. The van der Waals surface area contributed by atoms with Crippen molar-refractivity contribution in [1.29, 1.82) is 0 Å². The van der Waals surface area contributed by atoms with Gasteiger partial charge in [-0.3, -0.25) is 14.4 Å². The van der Waals surface area contributed by atoms with E-state index in [9.17, 15) is 14.4 Å². The van der Waals surface area contributed by atoms with Crippen LogP contribution >= 0.6 is 11.6 Å². The van der Waals surface area contributed by atoms with Crippen molar-refractivity contribution in [2.45, 2.75) is 44.8 Å². The van der Waals surface area contributed by atoms with Crippen LogP contribution in [0.2, 0.25) is 5.02 Å². The number of nitrogens with zero attached hydrogens (tertiary/aromatic N) is 3. The van der Waals surface area contributed by atoms with Crippen molar-refractivity contribution in [3.63, 3.8) is 0 Å². The van der Waals surface area contributed by atoms with Crippen molar-refractivity contribution in [1.82, 2.24) is 9.55 Å². The van der Waals surface area contributed by atoms with Crippen LogP contribution in [-0.2, 0) is 34.2 Å². The molecule has 0 aliphatic carbocycles. The van der Waals surface area contributed by atoms with E-state index in [4.69, 9.17) is 25.9 Å². The number of aliphatic carboxylic acids is 1. The molecule has 5 rings (SSSR count). The number of carboxylic acids is 1. The quantitative estimate of drug-likeness (QED) is 0.247. The van der Waals surface area contributed by atoms with E-state index in [0.717, 1.165) is 17.0 Å². The van der Waals surface area contributed by atoms with Gasteiger partial charge in [-0.1, -0.05) is 29.8 Å². The van der Waals surface area contributed by atoms with Gasteiger partial charge in [0.05, 0.1) is 35.0 Å². The Balaban J connectivity index is 1.17. The van der Waals surface area contributed by atoms with Crippen LogP contribution in [0.3, 0.4) is 0 Å². The Kier molecular flexibility index (Phi) is 8.60. The third-order valence-electron chi connectivity index (χ3n) is 7.28. The lowest BCUT2D eigenvalue weighted by Gasteiger charge is -2.19. The van der Waals surface area contributed by atoms with E-state index < -0.39 is 23.8 Å². The van der Waals surface area contributed by atoms with Crippen molar-refractivity contribution >= 4 is 51.9 Å². The molecule has 1 unspecified atom stereocenters. The first-order chi connectivity index (χ1) is 20.1. The van der Waals surface area contributed by atoms with Gasteiger partial charge in [-0.25, -0.2) is 9.37 Å². The number of nitrogens with one attached hydrogen (secondary N) is 1. The summed E-state index contributed by atoms with van der Waals surface area (Å²) in [7, 11) is 1.84. The zero-order valence-corrected chi connectivity index (χ0v) is 23.9. The van der Waals surface area contributed by atoms with Crippen molar-refractivity contribution in [2.75, 3.05) is 23.3 Å². The van der Waals surface area contributed by atoms with Gasteiger partial charge in [0, 0.05) is 50.1 Å². The highest BCUT2D eigenvalue weighted by molar-refractivity contribution is 6.34. The molecular formula is C30H30ClFN4O6. The number of fused-ring (bicyclic) bond motifs is 1. The van der Waals surface area contributed by atoms with Gasteiger partial charge in [0.25, 0.3) is 11.9 Å². The Morgan fingerprint density at radius 1 is 1.29 bits per heavy atom. The molecule has 12 heteroatoms. The molecule has 2 aromatic carbocycles. The smallest absolute Gasteiger partial charge is 0.303 e. The third-order valence-corrected chi connectivity index (χ3v) is 7.60.